The first kappa shape index (κ1) is 22.1. The highest BCUT2D eigenvalue weighted by molar-refractivity contribution is 5.95. The maximum absolute atomic E-state index is 13.2. The normalized spacial score (nSPS) is 11.8. The zero-order valence-corrected chi connectivity index (χ0v) is 18.0. The molecule has 0 saturated carbocycles. The van der Waals surface area contributed by atoms with Gasteiger partial charge in [0.2, 0.25) is 5.91 Å². The zero-order valence-electron chi connectivity index (χ0n) is 18.0. The lowest BCUT2D eigenvalue weighted by Crippen LogP contribution is -2.34. The first-order valence-electron chi connectivity index (χ1n) is 9.80. The lowest BCUT2D eigenvalue weighted by molar-refractivity contribution is -0.121. The van der Waals surface area contributed by atoms with E-state index in [4.69, 9.17) is 13.9 Å². The van der Waals surface area contributed by atoms with Crippen LogP contribution in [0.3, 0.4) is 0 Å². The van der Waals surface area contributed by atoms with Crippen LogP contribution in [0.2, 0.25) is 0 Å². The van der Waals surface area contributed by atoms with Gasteiger partial charge in [-0.3, -0.25) is 9.69 Å². The van der Waals surface area contributed by atoms with Crippen LogP contribution in [0, 0.1) is 6.92 Å². The number of esters is 1. The molecule has 2 aromatic carbocycles. The molecule has 162 valence electrons. The highest BCUT2D eigenvalue weighted by Crippen LogP contribution is 2.26. The lowest BCUT2D eigenvalue weighted by Gasteiger charge is -2.27. The predicted molar refractivity (Wildman–Crippen MR) is 117 cm³/mol. The molecule has 0 bridgehead atoms. The third kappa shape index (κ3) is 5.32. The number of furan rings is 1. The summed E-state index contributed by atoms with van der Waals surface area (Å²) in [6.45, 7) is 2.04. The van der Waals surface area contributed by atoms with Gasteiger partial charge in [0.25, 0.3) is 0 Å². The summed E-state index contributed by atoms with van der Waals surface area (Å²) < 4.78 is 15.7. The fourth-order valence-corrected chi connectivity index (χ4v) is 3.40. The number of hydrogen-bond donors (Lipinski definition) is 1. The summed E-state index contributed by atoms with van der Waals surface area (Å²) in [5, 5.41) is 2.96. The van der Waals surface area contributed by atoms with Gasteiger partial charge in [-0.15, -0.1) is 0 Å². The number of hydrogen-bond acceptors (Lipinski definition) is 6. The number of methoxy groups -OCH3 is 2. The van der Waals surface area contributed by atoms with E-state index in [1.165, 1.54) is 7.11 Å². The number of anilines is 1. The van der Waals surface area contributed by atoms with Crippen molar-refractivity contribution >= 4 is 17.6 Å². The largest absolute Gasteiger partial charge is 0.497 e. The highest BCUT2D eigenvalue weighted by atomic mass is 16.5. The number of amides is 1. The Bertz CT molecular complexity index is 1030. The van der Waals surface area contributed by atoms with Crippen LogP contribution < -0.4 is 10.1 Å². The highest BCUT2D eigenvalue weighted by Gasteiger charge is 2.27. The quantitative estimate of drug-likeness (QED) is 0.548. The number of carbonyl (C=O) groups is 2. The van der Waals surface area contributed by atoms with Crippen molar-refractivity contribution in [1.29, 1.82) is 0 Å². The molecule has 3 rings (SSSR count). The molecule has 3 aromatic rings. The van der Waals surface area contributed by atoms with E-state index in [0.29, 0.717) is 35.1 Å². The summed E-state index contributed by atoms with van der Waals surface area (Å²) >= 11 is 0. The fourth-order valence-electron chi connectivity index (χ4n) is 3.40. The number of carbonyl (C=O) groups excluding carboxylic acids is 2. The van der Waals surface area contributed by atoms with Crippen molar-refractivity contribution in [2.24, 2.45) is 0 Å². The van der Waals surface area contributed by atoms with Gasteiger partial charge in [-0.1, -0.05) is 30.3 Å². The average Bonchev–Trinajstić information content (AvgIpc) is 3.14. The van der Waals surface area contributed by atoms with E-state index < -0.39 is 12.0 Å². The average molecular weight is 422 g/mol. The van der Waals surface area contributed by atoms with Crippen LogP contribution in [0.5, 0.6) is 5.75 Å². The van der Waals surface area contributed by atoms with Crippen LogP contribution in [0.1, 0.15) is 33.5 Å². The van der Waals surface area contributed by atoms with Gasteiger partial charge in [0.1, 0.15) is 28.9 Å². The number of aryl methyl sites for hydroxylation is 1. The smallest absolute Gasteiger partial charge is 0.341 e. The second-order valence-electron chi connectivity index (χ2n) is 7.12. The molecule has 1 N–H and O–H groups in total. The van der Waals surface area contributed by atoms with Crippen LogP contribution >= 0.6 is 0 Å². The van der Waals surface area contributed by atoms with Crippen molar-refractivity contribution < 1.29 is 23.5 Å². The van der Waals surface area contributed by atoms with Crippen molar-refractivity contribution in [2.45, 2.75) is 19.5 Å². The molecule has 0 fully saturated rings. The van der Waals surface area contributed by atoms with Gasteiger partial charge in [-0.25, -0.2) is 4.79 Å². The minimum absolute atomic E-state index is 0.185. The van der Waals surface area contributed by atoms with Crippen molar-refractivity contribution in [1.82, 2.24) is 4.90 Å². The van der Waals surface area contributed by atoms with Crippen molar-refractivity contribution in [3.8, 4) is 5.75 Å². The molecule has 1 aromatic heterocycles. The maximum atomic E-state index is 13.2. The monoisotopic (exact) mass is 422 g/mol. The first-order chi connectivity index (χ1) is 14.9. The first-order valence-corrected chi connectivity index (χ1v) is 9.80. The standard InChI is InChI=1S/C24H26N2O5/c1-16-21(24(28)30-4)14-20(31-16)15-26(2)22(17-8-6-5-7-9-17)23(27)25-18-10-12-19(29-3)13-11-18/h5-14,22H,15H2,1-4H3,(H,25,27). The number of likely N-dealkylation sites (N-methyl/N-ethyl adjacent to an activating group) is 1. The van der Waals surface area contributed by atoms with Crippen molar-refractivity contribution in [3.05, 3.63) is 83.3 Å². The third-order valence-corrected chi connectivity index (χ3v) is 4.94. The van der Waals surface area contributed by atoms with Gasteiger partial charge in [-0.05, 0) is 49.9 Å². The molecular formula is C24H26N2O5. The molecule has 7 heteroatoms. The van der Waals surface area contributed by atoms with E-state index in [-0.39, 0.29) is 5.91 Å². The van der Waals surface area contributed by atoms with Crippen molar-refractivity contribution in [2.75, 3.05) is 26.6 Å². The van der Waals surface area contributed by atoms with Crippen LogP contribution in [-0.4, -0.2) is 38.0 Å². The van der Waals surface area contributed by atoms with Gasteiger partial charge in [0.05, 0.1) is 20.8 Å². The van der Waals surface area contributed by atoms with Crippen LogP contribution in [0.4, 0.5) is 5.69 Å². The molecule has 1 atom stereocenters. The SMILES string of the molecule is COC(=O)c1cc(CN(C)C(C(=O)Nc2ccc(OC)cc2)c2ccccc2)oc1C. The van der Waals surface area contributed by atoms with E-state index in [1.807, 2.05) is 42.3 Å². The molecule has 0 aliphatic heterocycles. The van der Waals surface area contributed by atoms with E-state index in [2.05, 4.69) is 5.32 Å². The molecule has 1 unspecified atom stereocenters. The van der Waals surface area contributed by atoms with Crippen molar-refractivity contribution in [3.63, 3.8) is 0 Å². The summed E-state index contributed by atoms with van der Waals surface area (Å²) in [6, 6.07) is 17.7. The van der Waals surface area contributed by atoms with E-state index in [9.17, 15) is 9.59 Å². The van der Waals surface area contributed by atoms with Crippen LogP contribution in [0.25, 0.3) is 0 Å². The summed E-state index contributed by atoms with van der Waals surface area (Å²) in [5.74, 6) is 1.12. The number of ether oxygens (including phenoxy) is 2. The van der Waals surface area contributed by atoms with E-state index in [1.54, 1.807) is 44.4 Å². The van der Waals surface area contributed by atoms with E-state index in [0.717, 1.165) is 5.56 Å². The molecule has 31 heavy (non-hydrogen) atoms. The molecule has 0 radical (unpaired) electrons. The molecule has 1 amide bonds. The predicted octanol–water partition coefficient (Wildman–Crippen LogP) is 4.20. The number of rotatable bonds is 8. The van der Waals surface area contributed by atoms with Gasteiger partial charge < -0.3 is 19.2 Å². The number of benzene rings is 2. The molecule has 1 heterocycles. The molecule has 0 spiro atoms. The Hall–Kier alpha value is -3.58. The minimum atomic E-state index is -0.574. The summed E-state index contributed by atoms with van der Waals surface area (Å²) in [4.78, 5) is 27.0. The molecular weight excluding hydrogens is 396 g/mol. The van der Waals surface area contributed by atoms with Gasteiger partial charge in [0.15, 0.2) is 0 Å². The fraction of sp³-hybridized carbons (Fsp3) is 0.250. The van der Waals surface area contributed by atoms with Gasteiger partial charge in [-0.2, -0.15) is 0 Å². The Morgan fingerprint density at radius 3 is 2.35 bits per heavy atom. The summed E-state index contributed by atoms with van der Waals surface area (Å²) in [7, 11) is 4.76. The molecule has 0 aliphatic rings. The molecule has 0 aliphatic carbocycles. The Morgan fingerprint density at radius 1 is 1.06 bits per heavy atom. The Labute approximate surface area is 181 Å². The molecule has 7 nitrogen and oxygen atoms in total. The summed E-state index contributed by atoms with van der Waals surface area (Å²) in [5.41, 5.74) is 1.89. The van der Waals surface area contributed by atoms with E-state index >= 15 is 0 Å². The van der Waals surface area contributed by atoms with Gasteiger partial charge >= 0.3 is 5.97 Å². The lowest BCUT2D eigenvalue weighted by atomic mass is 10.0. The summed E-state index contributed by atoms with van der Waals surface area (Å²) in [6.07, 6.45) is 0. The topological polar surface area (TPSA) is 81.0 Å². The maximum Gasteiger partial charge on any atom is 0.341 e. The Balaban J connectivity index is 1.83. The minimum Gasteiger partial charge on any atom is -0.497 e. The Morgan fingerprint density at radius 2 is 1.74 bits per heavy atom. The Kier molecular flexibility index (Phi) is 7.10. The number of nitrogens with one attached hydrogen (secondary N) is 1. The van der Waals surface area contributed by atoms with Crippen LogP contribution in [-0.2, 0) is 16.1 Å². The number of nitrogens with zero attached hydrogens (tertiary/aromatic N) is 1. The second kappa shape index (κ2) is 9.95. The van der Waals surface area contributed by atoms with Crippen LogP contribution in [0.15, 0.2) is 65.1 Å². The second-order valence-corrected chi connectivity index (χ2v) is 7.12. The third-order valence-electron chi connectivity index (χ3n) is 4.94. The van der Waals surface area contributed by atoms with Gasteiger partial charge in [0, 0.05) is 5.69 Å². The zero-order chi connectivity index (χ0) is 22.4. The molecule has 0 saturated heterocycles.